The van der Waals surface area contributed by atoms with Crippen molar-refractivity contribution in [3.63, 3.8) is 0 Å². The van der Waals surface area contributed by atoms with Crippen molar-refractivity contribution >= 4 is 33.2 Å². The number of thiophene rings is 1. The molecular formula is C19H13ClN2O2S. The minimum absolute atomic E-state index is 0.0714. The predicted octanol–water partition coefficient (Wildman–Crippen LogP) is 4.26. The molecular weight excluding hydrogens is 356 g/mol. The van der Waals surface area contributed by atoms with E-state index < -0.39 is 0 Å². The van der Waals surface area contributed by atoms with Gasteiger partial charge in [0.1, 0.15) is 11.0 Å². The number of fused-ring (bicyclic) bond motifs is 1. The van der Waals surface area contributed by atoms with Gasteiger partial charge in [-0.1, -0.05) is 35.9 Å². The normalized spacial score (nSPS) is 11.1. The van der Waals surface area contributed by atoms with Crippen LogP contribution in [-0.4, -0.2) is 14.7 Å². The third-order valence-corrected chi connectivity index (χ3v) is 5.35. The molecule has 6 heteroatoms. The molecule has 4 nitrogen and oxygen atoms in total. The zero-order valence-electron chi connectivity index (χ0n) is 13.0. The van der Waals surface area contributed by atoms with E-state index in [1.54, 1.807) is 6.07 Å². The van der Waals surface area contributed by atoms with Gasteiger partial charge in [-0.25, -0.2) is 4.98 Å². The molecule has 4 rings (SSSR count). The molecule has 2 aromatic carbocycles. The van der Waals surface area contributed by atoms with Crippen LogP contribution < -0.4 is 5.56 Å². The van der Waals surface area contributed by atoms with Gasteiger partial charge in [0.25, 0.3) is 5.56 Å². The van der Waals surface area contributed by atoms with Gasteiger partial charge in [-0.05, 0) is 41.5 Å². The summed E-state index contributed by atoms with van der Waals surface area (Å²) in [5.74, 6) is 0. The molecule has 0 fully saturated rings. The van der Waals surface area contributed by atoms with Crippen LogP contribution in [0.2, 0.25) is 5.02 Å². The average molecular weight is 369 g/mol. The first-order valence-corrected chi connectivity index (χ1v) is 8.82. The molecule has 2 aromatic heterocycles. The van der Waals surface area contributed by atoms with Crippen molar-refractivity contribution in [3.05, 3.63) is 81.9 Å². The standard InChI is InChI=1S/C19H13ClN2O2S/c20-14-6-4-13(5-7-14)17-9-16-18(25-17)19(24)22(11-21-16)15-3-1-2-12(8-15)10-23/h1-9,11,23H,10H2. The summed E-state index contributed by atoms with van der Waals surface area (Å²) in [4.78, 5) is 18.3. The van der Waals surface area contributed by atoms with Crippen molar-refractivity contribution in [3.8, 4) is 16.1 Å². The fraction of sp³-hybridized carbons (Fsp3) is 0.0526. The molecule has 0 bridgehead atoms. The van der Waals surface area contributed by atoms with E-state index in [4.69, 9.17) is 11.6 Å². The topological polar surface area (TPSA) is 55.1 Å². The molecule has 0 amide bonds. The SMILES string of the molecule is O=c1c2sc(-c3ccc(Cl)cc3)cc2ncn1-c1cccc(CO)c1. The second-order valence-corrected chi connectivity index (χ2v) is 7.07. The Balaban J connectivity index is 1.85. The lowest BCUT2D eigenvalue weighted by Crippen LogP contribution is -2.17. The molecule has 124 valence electrons. The van der Waals surface area contributed by atoms with Gasteiger partial charge in [0.15, 0.2) is 0 Å². The van der Waals surface area contributed by atoms with Crippen molar-refractivity contribution in [1.82, 2.24) is 9.55 Å². The van der Waals surface area contributed by atoms with Crippen LogP contribution in [0.5, 0.6) is 0 Å². The van der Waals surface area contributed by atoms with Crippen LogP contribution in [0.25, 0.3) is 26.3 Å². The highest BCUT2D eigenvalue weighted by Crippen LogP contribution is 2.31. The molecule has 0 aliphatic heterocycles. The first kappa shape index (κ1) is 16.0. The van der Waals surface area contributed by atoms with E-state index in [2.05, 4.69) is 4.98 Å². The third-order valence-electron chi connectivity index (χ3n) is 3.94. The zero-order valence-corrected chi connectivity index (χ0v) is 14.6. The molecule has 0 saturated carbocycles. The maximum atomic E-state index is 12.9. The highest BCUT2D eigenvalue weighted by Gasteiger charge is 2.11. The van der Waals surface area contributed by atoms with E-state index in [1.807, 2.05) is 48.5 Å². The Morgan fingerprint density at radius 3 is 2.68 bits per heavy atom. The van der Waals surface area contributed by atoms with Crippen LogP contribution in [0.4, 0.5) is 0 Å². The number of aliphatic hydroxyl groups is 1. The molecule has 2 heterocycles. The van der Waals surface area contributed by atoms with E-state index in [9.17, 15) is 9.90 Å². The molecule has 4 aromatic rings. The molecule has 1 N–H and O–H groups in total. The molecule has 0 aliphatic carbocycles. The summed E-state index contributed by atoms with van der Waals surface area (Å²) >= 11 is 7.35. The Kier molecular flexibility index (Phi) is 4.13. The minimum Gasteiger partial charge on any atom is -0.392 e. The summed E-state index contributed by atoms with van der Waals surface area (Å²) in [7, 11) is 0. The Morgan fingerprint density at radius 1 is 1.12 bits per heavy atom. The quantitative estimate of drug-likeness (QED) is 0.587. The Bertz CT molecular complexity index is 1120. The predicted molar refractivity (Wildman–Crippen MR) is 102 cm³/mol. The van der Waals surface area contributed by atoms with Crippen LogP contribution in [0.15, 0.2) is 65.7 Å². The number of hydrogen-bond donors (Lipinski definition) is 1. The zero-order chi connectivity index (χ0) is 17.4. The maximum Gasteiger partial charge on any atom is 0.275 e. The number of nitrogens with zero attached hydrogens (tertiary/aromatic N) is 2. The number of hydrogen-bond acceptors (Lipinski definition) is 4. The van der Waals surface area contributed by atoms with E-state index in [0.29, 0.717) is 20.9 Å². The van der Waals surface area contributed by atoms with Crippen molar-refractivity contribution in [1.29, 1.82) is 0 Å². The monoisotopic (exact) mass is 368 g/mol. The first-order valence-electron chi connectivity index (χ1n) is 7.63. The lowest BCUT2D eigenvalue weighted by Gasteiger charge is -2.06. The van der Waals surface area contributed by atoms with Gasteiger partial charge in [-0.3, -0.25) is 9.36 Å². The molecule has 0 spiro atoms. The second-order valence-electron chi connectivity index (χ2n) is 5.58. The summed E-state index contributed by atoms with van der Waals surface area (Å²) in [5, 5.41) is 9.96. The van der Waals surface area contributed by atoms with E-state index in [-0.39, 0.29) is 12.2 Å². The Labute approximate surface area is 152 Å². The second kappa shape index (κ2) is 6.44. The van der Waals surface area contributed by atoms with Crippen molar-refractivity contribution in [2.75, 3.05) is 0 Å². The van der Waals surface area contributed by atoms with Crippen molar-refractivity contribution < 1.29 is 5.11 Å². The number of rotatable bonds is 3. The minimum atomic E-state index is -0.120. The molecule has 0 unspecified atom stereocenters. The number of aliphatic hydroxyl groups excluding tert-OH is 1. The van der Waals surface area contributed by atoms with Gasteiger partial charge in [-0.2, -0.15) is 0 Å². The fourth-order valence-corrected chi connectivity index (χ4v) is 3.83. The Hall–Kier alpha value is -2.47. The number of halogens is 1. The van der Waals surface area contributed by atoms with Crippen LogP contribution in [0.1, 0.15) is 5.56 Å². The lowest BCUT2D eigenvalue weighted by atomic mass is 10.2. The maximum absolute atomic E-state index is 12.9. The van der Waals surface area contributed by atoms with Gasteiger partial charge in [-0.15, -0.1) is 11.3 Å². The van der Waals surface area contributed by atoms with Gasteiger partial charge >= 0.3 is 0 Å². The number of aromatic nitrogens is 2. The van der Waals surface area contributed by atoms with Crippen molar-refractivity contribution in [2.45, 2.75) is 6.61 Å². The lowest BCUT2D eigenvalue weighted by molar-refractivity contribution is 0.282. The molecule has 0 aliphatic rings. The molecule has 0 radical (unpaired) electrons. The average Bonchev–Trinajstić information content (AvgIpc) is 3.08. The summed E-state index contributed by atoms with van der Waals surface area (Å²) in [6, 6.07) is 16.6. The number of benzene rings is 2. The largest absolute Gasteiger partial charge is 0.392 e. The third kappa shape index (κ3) is 2.98. The van der Waals surface area contributed by atoms with Gasteiger partial charge in [0.05, 0.1) is 17.8 Å². The molecule has 25 heavy (non-hydrogen) atoms. The molecule has 0 saturated heterocycles. The van der Waals surface area contributed by atoms with Crippen molar-refractivity contribution in [2.24, 2.45) is 0 Å². The smallest absolute Gasteiger partial charge is 0.275 e. The van der Waals surface area contributed by atoms with E-state index >= 15 is 0 Å². The van der Waals surface area contributed by atoms with Gasteiger partial charge in [0.2, 0.25) is 0 Å². The van der Waals surface area contributed by atoms with E-state index in [0.717, 1.165) is 16.0 Å². The Morgan fingerprint density at radius 2 is 1.92 bits per heavy atom. The summed E-state index contributed by atoms with van der Waals surface area (Å²) < 4.78 is 2.10. The highest BCUT2D eigenvalue weighted by molar-refractivity contribution is 7.22. The van der Waals surface area contributed by atoms with Gasteiger partial charge in [0, 0.05) is 9.90 Å². The summed E-state index contributed by atoms with van der Waals surface area (Å²) in [6.45, 7) is -0.0714. The van der Waals surface area contributed by atoms with Crippen LogP contribution >= 0.6 is 22.9 Å². The fourth-order valence-electron chi connectivity index (χ4n) is 2.66. The van der Waals surface area contributed by atoms with Crippen LogP contribution in [0, 0.1) is 0 Å². The molecule has 0 atom stereocenters. The van der Waals surface area contributed by atoms with E-state index in [1.165, 1.54) is 22.2 Å². The highest BCUT2D eigenvalue weighted by atomic mass is 35.5. The summed E-state index contributed by atoms with van der Waals surface area (Å²) in [5.41, 5.74) is 2.99. The van der Waals surface area contributed by atoms with Gasteiger partial charge < -0.3 is 5.11 Å². The van der Waals surface area contributed by atoms with Crippen LogP contribution in [-0.2, 0) is 6.61 Å². The van der Waals surface area contributed by atoms with Crippen LogP contribution in [0.3, 0.4) is 0 Å². The summed E-state index contributed by atoms with van der Waals surface area (Å²) in [6.07, 6.45) is 1.53. The first-order chi connectivity index (χ1) is 12.2.